The van der Waals surface area contributed by atoms with Crippen molar-refractivity contribution in [1.82, 2.24) is 9.80 Å². The van der Waals surface area contributed by atoms with Gasteiger partial charge in [0.25, 0.3) is 0 Å². The van der Waals surface area contributed by atoms with Gasteiger partial charge < -0.3 is 14.9 Å². The standard InChI is InChI=1S/C20H30N2O2/c23-16-18-6-4-17(5-7-18)14-19-8-13-22(15-19)20(24)9-12-21-10-2-1-3-11-21/h4-7,19,23H,1-3,8-16H2/t19-/m1/s1. The first-order valence-corrected chi connectivity index (χ1v) is 9.43. The lowest BCUT2D eigenvalue weighted by Gasteiger charge is -2.27. The van der Waals surface area contributed by atoms with E-state index < -0.39 is 0 Å². The fraction of sp³-hybridized carbons (Fsp3) is 0.650. The third-order valence-corrected chi connectivity index (χ3v) is 5.46. The topological polar surface area (TPSA) is 43.8 Å². The molecule has 2 heterocycles. The smallest absolute Gasteiger partial charge is 0.223 e. The number of amides is 1. The molecule has 3 rings (SSSR count). The summed E-state index contributed by atoms with van der Waals surface area (Å²) in [5.74, 6) is 0.905. The second-order valence-corrected chi connectivity index (χ2v) is 7.33. The highest BCUT2D eigenvalue weighted by molar-refractivity contribution is 5.76. The predicted octanol–water partition coefficient (Wildman–Crippen LogP) is 2.45. The molecule has 132 valence electrons. The molecular formula is C20H30N2O2. The van der Waals surface area contributed by atoms with E-state index >= 15 is 0 Å². The van der Waals surface area contributed by atoms with Crippen LogP contribution >= 0.6 is 0 Å². The van der Waals surface area contributed by atoms with E-state index in [2.05, 4.69) is 21.9 Å². The quantitative estimate of drug-likeness (QED) is 0.871. The highest BCUT2D eigenvalue weighted by Crippen LogP contribution is 2.22. The number of carbonyl (C=O) groups is 1. The number of benzene rings is 1. The van der Waals surface area contributed by atoms with Crippen LogP contribution in [-0.2, 0) is 17.8 Å². The molecule has 1 atom stereocenters. The average molecular weight is 330 g/mol. The molecule has 1 amide bonds. The van der Waals surface area contributed by atoms with Gasteiger partial charge in [-0.1, -0.05) is 30.7 Å². The number of rotatable bonds is 6. The highest BCUT2D eigenvalue weighted by atomic mass is 16.3. The maximum atomic E-state index is 12.4. The molecule has 0 spiro atoms. The van der Waals surface area contributed by atoms with Gasteiger partial charge in [0, 0.05) is 26.1 Å². The number of aliphatic hydroxyl groups is 1. The molecule has 2 aliphatic rings. The maximum Gasteiger partial charge on any atom is 0.223 e. The van der Waals surface area contributed by atoms with E-state index in [4.69, 9.17) is 5.11 Å². The van der Waals surface area contributed by atoms with Gasteiger partial charge in [-0.2, -0.15) is 0 Å². The Bertz CT molecular complexity index is 523. The minimum absolute atomic E-state index is 0.100. The van der Waals surface area contributed by atoms with Crippen molar-refractivity contribution in [3.63, 3.8) is 0 Å². The Morgan fingerprint density at radius 2 is 1.75 bits per heavy atom. The summed E-state index contributed by atoms with van der Waals surface area (Å²) in [6, 6.07) is 8.19. The molecule has 1 aromatic rings. The number of likely N-dealkylation sites (tertiary alicyclic amines) is 2. The minimum atomic E-state index is 0.100. The zero-order chi connectivity index (χ0) is 16.8. The summed E-state index contributed by atoms with van der Waals surface area (Å²) in [7, 11) is 0. The van der Waals surface area contributed by atoms with Crippen LogP contribution < -0.4 is 0 Å². The van der Waals surface area contributed by atoms with E-state index in [9.17, 15) is 4.79 Å². The van der Waals surface area contributed by atoms with Gasteiger partial charge in [0.15, 0.2) is 0 Å². The van der Waals surface area contributed by atoms with Crippen molar-refractivity contribution in [2.24, 2.45) is 5.92 Å². The van der Waals surface area contributed by atoms with E-state index in [1.165, 1.54) is 37.9 Å². The number of carbonyl (C=O) groups excluding carboxylic acids is 1. The molecule has 1 aromatic carbocycles. The third kappa shape index (κ3) is 4.81. The number of hydrogen-bond acceptors (Lipinski definition) is 3. The monoisotopic (exact) mass is 330 g/mol. The zero-order valence-corrected chi connectivity index (χ0v) is 14.6. The Balaban J connectivity index is 1.41. The SMILES string of the molecule is O=C(CCN1CCCCC1)N1CC[C@H](Cc2ccc(CO)cc2)C1. The van der Waals surface area contributed by atoms with E-state index in [1.807, 2.05) is 12.1 Å². The maximum absolute atomic E-state index is 12.4. The normalized spacial score (nSPS) is 22.0. The molecule has 24 heavy (non-hydrogen) atoms. The number of piperidine rings is 1. The van der Waals surface area contributed by atoms with Crippen molar-refractivity contribution in [2.75, 3.05) is 32.7 Å². The average Bonchev–Trinajstić information content (AvgIpc) is 3.10. The molecule has 2 fully saturated rings. The number of aliphatic hydroxyl groups excluding tert-OH is 1. The van der Waals surface area contributed by atoms with Gasteiger partial charge in [-0.05, 0) is 55.8 Å². The highest BCUT2D eigenvalue weighted by Gasteiger charge is 2.26. The first kappa shape index (κ1) is 17.4. The number of nitrogens with zero attached hydrogens (tertiary/aromatic N) is 2. The summed E-state index contributed by atoms with van der Waals surface area (Å²) in [6.07, 6.45) is 6.73. The molecule has 0 radical (unpaired) electrons. The first-order chi connectivity index (χ1) is 11.7. The predicted molar refractivity (Wildman–Crippen MR) is 95.7 cm³/mol. The van der Waals surface area contributed by atoms with Crippen molar-refractivity contribution in [3.8, 4) is 0 Å². The van der Waals surface area contributed by atoms with Gasteiger partial charge in [-0.25, -0.2) is 0 Å². The van der Waals surface area contributed by atoms with Crippen LogP contribution in [0.2, 0.25) is 0 Å². The second kappa shape index (κ2) is 8.63. The molecule has 1 N–H and O–H groups in total. The van der Waals surface area contributed by atoms with Crippen molar-refractivity contribution >= 4 is 5.91 Å². The molecule has 0 saturated carbocycles. The van der Waals surface area contributed by atoms with Crippen LogP contribution in [0.3, 0.4) is 0 Å². The summed E-state index contributed by atoms with van der Waals surface area (Å²) in [5.41, 5.74) is 2.26. The lowest BCUT2D eigenvalue weighted by molar-refractivity contribution is -0.130. The summed E-state index contributed by atoms with van der Waals surface area (Å²) in [4.78, 5) is 16.9. The molecule has 2 saturated heterocycles. The molecule has 0 bridgehead atoms. The Labute approximate surface area is 145 Å². The van der Waals surface area contributed by atoms with Gasteiger partial charge in [0.2, 0.25) is 5.91 Å². The van der Waals surface area contributed by atoms with Gasteiger partial charge in [0.1, 0.15) is 0 Å². The fourth-order valence-corrected chi connectivity index (χ4v) is 3.93. The van der Waals surface area contributed by atoms with Crippen LogP contribution in [0.4, 0.5) is 0 Å². The van der Waals surface area contributed by atoms with Crippen molar-refractivity contribution in [1.29, 1.82) is 0 Å². The fourth-order valence-electron chi connectivity index (χ4n) is 3.93. The summed E-state index contributed by atoms with van der Waals surface area (Å²) >= 11 is 0. The van der Waals surface area contributed by atoms with Crippen LogP contribution in [0.15, 0.2) is 24.3 Å². The Morgan fingerprint density at radius 1 is 1.04 bits per heavy atom. The molecule has 0 unspecified atom stereocenters. The second-order valence-electron chi connectivity index (χ2n) is 7.33. The molecule has 2 aliphatic heterocycles. The minimum Gasteiger partial charge on any atom is -0.392 e. The van der Waals surface area contributed by atoms with Crippen LogP contribution in [0, 0.1) is 5.92 Å². The van der Waals surface area contributed by atoms with E-state index in [0.717, 1.165) is 38.0 Å². The summed E-state index contributed by atoms with van der Waals surface area (Å²) in [5, 5.41) is 9.11. The summed E-state index contributed by atoms with van der Waals surface area (Å²) < 4.78 is 0. The van der Waals surface area contributed by atoms with Crippen molar-refractivity contribution in [2.45, 2.75) is 45.1 Å². The van der Waals surface area contributed by atoms with Gasteiger partial charge in [0.05, 0.1) is 6.61 Å². The number of hydrogen-bond donors (Lipinski definition) is 1. The van der Waals surface area contributed by atoms with Crippen molar-refractivity contribution in [3.05, 3.63) is 35.4 Å². The lowest BCUT2D eigenvalue weighted by Crippen LogP contribution is -2.35. The van der Waals surface area contributed by atoms with Gasteiger partial charge >= 0.3 is 0 Å². The molecule has 4 heteroatoms. The van der Waals surface area contributed by atoms with E-state index in [1.54, 1.807) is 0 Å². The third-order valence-electron chi connectivity index (χ3n) is 5.46. The Kier molecular flexibility index (Phi) is 6.27. The lowest BCUT2D eigenvalue weighted by atomic mass is 9.98. The Hall–Kier alpha value is -1.39. The van der Waals surface area contributed by atoms with Crippen LogP contribution in [0.1, 0.15) is 43.2 Å². The summed E-state index contributed by atoms with van der Waals surface area (Å²) in [6.45, 7) is 5.18. The largest absolute Gasteiger partial charge is 0.392 e. The molecule has 0 aliphatic carbocycles. The van der Waals surface area contributed by atoms with Crippen molar-refractivity contribution < 1.29 is 9.90 Å². The van der Waals surface area contributed by atoms with Gasteiger partial charge in [-0.15, -0.1) is 0 Å². The molecular weight excluding hydrogens is 300 g/mol. The van der Waals surface area contributed by atoms with Crippen LogP contribution in [-0.4, -0.2) is 53.5 Å². The molecule has 4 nitrogen and oxygen atoms in total. The Morgan fingerprint density at radius 3 is 2.46 bits per heavy atom. The molecule has 0 aromatic heterocycles. The zero-order valence-electron chi connectivity index (χ0n) is 14.6. The van der Waals surface area contributed by atoms with E-state index in [0.29, 0.717) is 18.2 Å². The van der Waals surface area contributed by atoms with Crippen LogP contribution in [0.25, 0.3) is 0 Å². The van der Waals surface area contributed by atoms with Gasteiger partial charge in [-0.3, -0.25) is 4.79 Å². The first-order valence-electron chi connectivity index (χ1n) is 9.43. The van der Waals surface area contributed by atoms with E-state index in [-0.39, 0.29) is 6.61 Å². The van der Waals surface area contributed by atoms with Crippen LogP contribution in [0.5, 0.6) is 0 Å².